The number of aromatic nitrogens is 1. The van der Waals surface area contributed by atoms with Gasteiger partial charge in [-0.3, -0.25) is 4.90 Å². The van der Waals surface area contributed by atoms with Crippen LogP contribution in [0.2, 0.25) is 0 Å². The molecule has 0 radical (unpaired) electrons. The Morgan fingerprint density at radius 1 is 1.30 bits per heavy atom. The fourth-order valence-corrected chi connectivity index (χ4v) is 4.18. The zero-order valence-corrected chi connectivity index (χ0v) is 12.1. The van der Waals surface area contributed by atoms with Crippen molar-refractivity contribution >= 4 is 0 Å². The van der Waals surface area contributed by atoms with Crippen LogP contribution in [-0.2, 0) is 17.7 Å². The van der Waals surface area contributed by atoms with Crippen molar-refractivity contribution in [2.45, 2.75) is 56.8 Å². The Morgan fingerprint density at radius 3 is 3.20 bits per heavy atom. The van der Waals surface area contributed by atoms with Crippen LogP contribution in [0.4, 0.5) is 0 Å². The SMILES string of the molecule is NC1CCCc2c1ccn2CC1CN2CCCC2CO1. The van der Waals surface area contributed by atoms with Crippen LogP contribution in [0.1, 0.15) is 43.0 Å². The Balaban J connectivity index is 1.47. The Kier molecular flexibility index (Phi) is 3.33. The van der Waals surface area contributed by atoms with E-state index in [4.69, 9.17) is 10.5 Å². The molecular formula is C16H25N3O. The van der Waals surface area contributed by atoms with Crippen LogP contribution in [0.3, 0.4) is 0 Å². The molecule has 3 aliphatic rings. The van der Waals surface area contributed by atoms with Gasteiger partial charge in [0.15, 0.2) is 0 Å². The lowest BCUT2D eigenvalue weighted by Gasteiger charge is -2.35. The zero-order chi connectivity index (χ0) is 13.5. The van der Waals surface area contributed by atoms with E-state index >= 15 is 0 Å². The maximum atomic E-state index is 6.21. The summed E-state index contributed by atoms with van der Waals surface area (Å²) in [4.78, 5) is 2.62. The number of rotatable bonds is 2. The van der Waals surface area contributed by atoms with Crippen LogP contribution in [0.25, 0.3) is 0 Å². The summed E-state index contributed by atoms with van der Waals surface area (Å²) in [5.74, 6) is 0. The molecule has 4 nitrogen and oxygen atoms in total. The minimum absolute atomic E-state index is 0.246. The maximum absolute atomic E-state index is 6.21. The molecule has 1 aromatic heterocycles. The van der Waals surface area contributed by atoms with Gasteiger partial charge in [0.25, 0.3) is 0 Å². The molecular weight excluding hydrogens is 250 g/mol. The smallest absolute Gasteiger partial charge is 0.0881 e. The van der Waals surface area contributed by atoms with Crippen LogP contribution in [0, 0.1) is 0 Å². The third kappa shape index (κ3) is 2.20. The molecule has 2 aliphatic heterocycles. The molecule has 1 aromatic rings. The molecule has 0 saturated carbocycles. The second-order valence-electron chi connectivity index (χ2n) is 6.62. The predicted octanol–water partition coefficient (Wildman–Crippen LogP) is 1.69. The molecule has 20 heavy (non-hydrogen) atoms. The minimum atomic E-state index is 0.246. The largest absolute Gasteiger partial charge is 0.373 e. The van der Waals surface area contributed by atoms with E-state index in [-0.39, 0.29) is 6.04 Å². The van der Waals surface area contributed by atoms with Crippen molar-refractivity contribution in [2.24, 2.45) is 5.73 Å². The summed E-state index contributed by atoms with van der Waals surface area (Å²) in [5.41, 5.74) is 9.03. The number of hydrogen-bond acceptors (Lipinski definition) is 3. The highest BCUT2D eigenvalue weighted by Gasteiger charge is 2.32. The van der Waals surface area contributed by atoms with Crippen LogP contribution >= 0.6 is 0 Å². The zero-order valence-electron chi connectivity index (χ0n) is 12.1. The monoisotopic (exact) mass is 275 g/mol. The van der Waals surface area contributed by atoms with Crippen LogP contribution in [-0.4, -0.2) is 41.3 Å². The van der Waals surface area contributed by atoms with Gasteiger partial charge in [0, 0.05) is 37.1 Å². The molecule has 0 amide bonds. The molecule has 2 N–H and O–H groups in total. The lowest BCUT2D eigenvalue weighted by Crippen LogP contribution is -2.47. The van der Waals surface area contributed by atoms with Gasteiger partial charge in [-0.05, 0) is 50.3 Å². The molecule has 2 saturated heterocycles. The maximum Gasteiger partial charge on any atom is 0.0881 e. The summed E-state index contributed by atoms with van der Waals surface area (Å²) in [7, 11) is 0. The van der Waals surface area contributed by atoms with Crippen molar-refractivity contribution in [3.05, 3.63) is 23.5 Å². The van der Waals surface area contributed by atoms with Crippen molar-refractivity contribution in [1.29, 1.82) is 0 Å². The quantitative estimate of drug-likeness (QED) is 0.893. The molecule has 4 heteroatoms. The first-order valence-electron chi connectivity index (χ1n) is 8.10. The molecule has 4 rings (SSSR count). The molecule has 2 fully saturated rings. The molecule has 1 aliphatic carbocycles. The fourth-order valence-electron chi connectivity index (χ4n) is 4.18. The summed E-state index contributed by atoms with van der Waals surface area (Å²) in [5, 5.41) is 0. The van der Waals surface area contributed by atoms with E-state index < -0.39 is 0 Å². The number of hydrogen-bond donors (Lipinski definition) is 1. The summed E-state index contributed by atoms with van der Waals surface area (Å²) >= 11 is 0. The van der Waals surface area contributed by atoms with Gasteiger partial charge in [0.05, 0.1) is 12.7 Å². The number of morpholine rings is 1. The van der Waals surface area contributed by atoms with Gasteiger partial charge in [0.1, 0.15) is 0 Å². The van der Waals surface area contributed by atoms with E-state index in [0.29, 0.717) is 12.1 Å². The van der Waals surface area contributed by atoms with Crippen LogP contribution in [0.15, 0.2) is 12.3 Å². The molecule has 110 valence electrons. The van der Waals surface area contributed by atoms with Crippen molar-refractivity contribution < 1.29 is 4.74 Å². The van der Waals surface area contributed by atoms with E-state index in [9.17, 15) is 0 Å². The van der Waals surface area contributed by atoms with E-state index in [2.05, 4.69) is 21.7 Å². The average molecular weight is 275 g/mol. The number of nitrogens with two attached hydrogens (primary N) is 1. The standard InChI is InChI=1S/C16H25N3O/c17-15-4-1-5-16-14(15)6-8-19(16)10-13-9-18-7-2-3-12(18)11-20-13/h6,8,12-13,15H,1-5,7,9-11,17H2. The number of fused-ring (bicyclic) bond motifs is 2. The van der Waals surface area contributed by atoms with Gasteiger partial charge in [-0.1, -0.05) is 0 Å². The first kappa shape index (κ1) is 12.9. The summed E-state index contributed by atoms with van der Waals surface area (Å²) in [6, 6.07) is 3.16. The Bertz CT molecular complexity index is 484. The molecule has 0 bridgehead atoms. The number of nitrogens with zero attached hydrogens (tertiary/aromatic N) is 2. The first-order chi connectivity index (χ1) is 9.81. The summed E-state index contributed by atoms with van der Waals surface area (Å²) in [6.07, 6.45) is 8.75. The van der Waals surface area contributed by atoms with Crippen LogP contribution < -0.4 is 5.73 Å². The highest BCUT2D eigenvalue weighted by Crippen LogP contribution is 2.30. The van der Waals surface area contributed by atoms with Crippen molar-refractivity contribution in [1.82, 2.24) is 9.47 Å². The lowest BCUT2D eigenvalue weighted by molar-refractivity contribution is -0.0554. The van der Waals surface area contributed by atoms with E-state index in [1.165, 1.54) is 43.5 Å². The van der Waals surface area contributed by atoms with Crippen molar-refractivity contribution in [3.63, 3.8) is 0 Å². The molecule has 0 aromatic carbocycles. The highest BCUT2D eigenvalue weighted by atomic mass is 16.5. The molecule has 0 spiro atoms. The predicted molar refractivity (Wildman–Crippen MR) is 78.6 cm³/mol. The second-order valence-corrected chi connectivity index (χ2v) is 6.62. The van der Waals surface area contributed by atoms with Gasteiger partial charge in [-0.2, -0.15) is 0 Å². The third-order valence-electron chi connectivity index (χ3n) is 5.30. The topological polar surface area (TPSA) is 43.4 Å². The Hall–Kier alpha value is -0.840. The van der Waals surface area contributed by atoms with Gasteiger partial charge < -0.3 is 15.0 Å². The normalized spacial score (nSPS) is 34.0. The van der Waals surface area contributed by atoms with Gasteiger partial charge in [-0.25, -0.2) is 0 Å². The Labute approximate surface area is 120 Å². The lowest BCUT2D eigenvalue weighted by atomic mass is 9.93. The minimum Gasteiger partial charge on any atom is -0.373 e. The second kappa shape index (κ2) is 5.17. The van der Waals surface area contributed by atoms with Gasteiger partial charge in [-0.15, -0.1) is 0 Å². The molecule has 3 heterocycles. The number of ether oxygens (including phenoxy) is 1. The van der Waals surface area contributed by atoms with Gasteiger partial charge in [0.2, 0.25) is 0 Å². The molecule has 3 atom stereocenters. The Morgan fingerprint density at radius 2 is 2.25 bits per heavy atom. The van der Waals surface area contributed by atoms with Gasteiger partial charge >= 0.3 is 0 Å². The van der Waals surface area contributed by atoms with E-state index in [1.807, 2.05) is 0 Å². The van der Waals surface area contributed by atoms with E-state index in [0.717, 1.165) is 26.1 Å². The molecule has 3 unspecified atom stereocenters. The van der Waals surface area contributed by atoms with E-state index in [1.54, 1.807) is 0 Å². The third-order valence-corrected chi connectivity index (χ3v) is 5.30. The first-order valence-corrected chi connectivity index (χ1v) is 8.10. The summed E-state index contributed by atoms with van der Waals surface area (Å²) in [6.45, 7) is 4.28. The fraction of sp³-hybridized carbons (Fsp3) is 0.750. The summed E-state index contributed by atoms with van der Waals surface area (Å²) < 4.78 is 8.49. The van der Waals surface area contributed by atoms with Crippen molar-refractivity contribution in [2.75, 3.05) is 19.7 Å². The van der Waals surface area contributed by atoms with Crippen molar-refractivity contribution in [3.8, 4) is 0 Å². The van der Waals surface area contributed by atoms with Crippen LogP contribution in [0.5, 0.6) is 0 Å². The average Bonchev–Trinajstić information content (AvgIpc) is 3.06. The highest BCUT2D eigenvalue weighted by molar-refractivity contribution is 5.28.